The maximum Gasteiger partial charge on any atom is 0.210 e. The van der Waals surface area contributed by atoms with Crippen LogP contribution in [0.3, 0.4) is 0 Å². The average Bonchev–Trinajstić information content (AvgIpc) is 3.63. The Labute approximate surface area is 376 Å². The van der Waals surface area contributed by atoms with E-state index in [1.807, 2.05) is 23.9 Å². The molecule has 1 aliphatic carbocycles. The van der Waals surface area contributed by atoms with Crippen molar-refractivity contribution >= 4 is 56.1 Å². The molecule has 0 bridgehead atoms. The summed E-state index contributed by atoms with van der Waals surface area (Å²) in [6.45, 7) is 17.3. The standard InChI is InChI=1S/C57H67N3OS/c1-8-10-16-36-59-49-32-28-41-20-12-14-26-47(41)53(49)56(3,4)51(59)34-30-43-22-18-23-44(55(43)62-39-38-58(7)45-24-19-25-46(61)40-45)31-35-52-57(5,6)54-48-27-15-13-21-42(48)29-33-50(54)60(52)37-17-11-9-2/h12-15,19-21,24-35,40H,8-11,16-18,22-23,36-39H2,1-7H3/p+1. The minimum atomic E-state index is -0.136. The van der Waals surface area contributed by atoms with Crippen LogP contribution in [0.25, 0.3) is 21.5 Å². The molecule has 62 heavy (non-hydrogen) atoms. The summed E-state index contributed by atoms with van der Waals surface area (Å²) in [7, 11) is 2.14. The Kier molecular flexibility index (Phi) is 13.2. The van der Waals surface area contributed by atoms with E-state index < -0.39 is 0 Å². The molecule has 3 aliphatic rings. The van der Waals surface area contributed by atoms with Crippen LogP contribution in [-0.2, 0) is 10.8 Å². The lowest BCUT2D eigenvalue weighted by atomic mass is 9.78. The van der Waals surface area contributed by atoms with Crippen molar-refractivity contribution in [2.24, 2.45) is 0 Å². The minimum absolute atomic E-state index is 0.136. The Balaban J connectivity index is 1.20. The lowest BCUT2D eigenvalue weighted by Gasteiger charge is -2.28. The first-order valence-electron chi connectivity index (χ1n) is 23.5. The highest BCUT2D eigenvalue weighted by Crippen LogP contribution is 2.51. The quantitative estimate of drug-likeness (QED) is 0.0792. The van der Waals surface area contributed by atoms with Crippen LogP contribution < -0.4 is 9.80 Å². The number of aromatic hydroxyl groups is 1. The van der Waals surface area contributed by atoms with Crippen LogP contribution in [0.1, 0.15) is 110 Å². The van der Waals surface area contributed by atoms with Crippen LogP contribution in [0.2, 0.25) is 0 Å². The number of unbranched alkanes of at least 4 members (excludes halogenated alkanes) is 4. The maximum absolute atomic E-state index is 10.2. The second-order valence-corrected chi connectivity index (χ2v) is 19.9. The first-order valence-corrected chi connectivity index (χ1v) is 24.5. The number of benzene rings is 5. The molecule has 0 spiro atoms. The molecule has 8 rings (SSSR count). The normalized spacial score (nSPS) is 18.3. The summed E-state index contributed by atoms with van der Waals surface area (Å²) in [6.07, 6.45) is 20.5. The predicted octanol–water partition coefficient (Wildman–Crippen LogP) is 14.9. The van der Waals surface area contributed by atoms with Crippen LogP contribution in [0.5, 0.6) is 5.75 Å². The van der Waals surface area contributed by atoms with E-state index in [4.69, 9.17) is 0 Å². The smallest absolute Gasteiger partial charge is 0.210 e. The van der Waals surface area contributed by atoms with Gasteiger partial charge in [-0.2, -0.15) is 4.58 Å². The number of nitrogens with zero attached hydrogens (tertiary/aromatic N) is 3. The van der Waals surface area contributed by atoms with Gasteiger partial charge in [0, 0.05) is 83.5 Å². The molecule has 5 aromatic rings. The van der Waals surface area contributed by atoms with Crippen molar-refractivity contribution in [1.82, 2.24) is 0 Å². The van der Waals surface area contributed by atoms with Gasteiger partial charge in [0.1, 0.15) is 12.3 Å². The van der Waals surface area contributed by atoms with Gasteiger partial charge in [-0.1, -0.05) is 120 Å². The van der Waals surface area contributed by atoms with Crippen molar-refractivity contribution in [3.63, 3.8) is 0 Å². The molecule has 0 fully saturated rings. The van der Waals surface area contributed by atoms with Crippen molar-refractivity contribution in [2.45, 2.75) is 110 Å². The number of phenols is 1. The van der Waals surface area contributed by atoms with Crippen molar-refractivity contribution in [3.8, 4) is 5.75 Å². The summed E-state index contributed by atoms with van der Waals surface area (Å²) >= 11 is 2.01. The van der Waals surface area contributed by atoms with Gasteiger partial charge in [0.05, 0.1) is 5.41 Å². The van der Waals surface area contributed by atoms with Gasteiger partial charge in [0.2, 0.25) is 5.69 Å². The summed E-state index contributed by atoms with van der Waals surface area (Å²) in [4.78, 5) is 6.34. The zero-order valence-electron chi connectivity index (χ0n) is 38.4. The summed E-state index contributed by atoms with van der Waals surface area (Å²) in [5, 5.41) is 15.6. The van der Waals surface area contributed by atoms with Gasteiger partial charge < -0.3 is 14.9 Å². The minimum Gasteiger partial charge on any atom is -0.508 e. The molecular formula is C57H68N3OS+. The van der Waals surface area contributed by atoms with E-state index in [0.29, 0.717) is 5.75 Å². The van der Waals surface area contributed by atoms with Gasteiger partial charge >= 0.3 is 0 Å². The molecule has 0 saturated carbocycles. The molecule has 5 heteroatoms. The Morgan fingerprint density at radius 1 is 0.742 bits per heavy atom. The highest BCUT2D eigenvalue weighted by Gasteiger charge is 2.45. The Morgan fingerprint density at radius 3 is 2.19 bits per heavy atom. The maximum atomic E-state index is 10.2. The largest absolute Gasteiger partial charge is 0.508 e. The molecule has 0 atom stereocenters. The summed E-state index contributed by atoms with van der Waals surface area (Å²) in [5.74, 6) is 1.25. The fourth-order valence-corrected chi connectivity index (χ4v) is 11.8. The van der Waals surface area contributed by atoms with E-state index >= 15 is 0 Å². The topological polar surface area (TPSA) is 29.7 Å². The number of allylic oxidation sites excluding steroid dienone is 7. The van der Waals surface area contributed by atoms with E-state index in [9.17, 15) is 5.11 Å². The van der Waals surface area contributed by atoms with Crippen LogP contribution in [-0.4, -0.2) is 47.8 Å². The molecule has 322 valence electrons. The number of fused-ring (bicyclic) bond motifs is 6. The van der Waals surface area contributed by atoms with Crippen molar-refractivity contribution in [1.29, 1.82) is 0 Å². The molecule has 2 heterocycles. The van der Waals surface area contributed by atoms with Crippen molar-refractivity contribution in [3.05, 3.63) is 154 Å². The molecule has 0 amide bonds. The molecule has 2 aliphatic heterocycles. The second-order valence-electron chi connectivity index (χ2n) is 18.8. The SMILES string of the molecule is CCCCCN1/C(=C/C=C2\CCCC(/C=C/C3=[N+](CCCCC)c4ccc5ccccc5c4C3(C)C)=C2SCCN(C)c2cccc(O)c2)C(C)(C)c2c1ccc1ccccc21. The zero-order chi connectivity index (χ0) is 43.4. The summed E-state index contributed by atoms with van der Waals surface area (Å²) < 4.78 is 2.65. The number of thioether (sulfide) groups is 1. The van der Waals surface area contributed by atoms with Gasteiger partial charge in [-0.3, -0.25) is 0 Å². The fourth-order valence-electron chi connectivity index (χ4n) is 10.5. The lowest BCUT2D eigenvalue weighted by Crippen LogP contribution is -2.28. The molecule has 0 radical (unpaired) electrons. The molecule has 0 saturated heterocycles. The Hall–Kier alpha value is -5.00. The highest BCUT2D eigenvalue weighted by molar-refractivity contribution is 8.03. The van der Waals surface area contributed by atoms with Gasteiger partial charge in [0.25, 0.3) is 0 Å². The van der Waals surface area contributed by atoms with E-state index in [1.165, 1.54) is 110 Å². The summed E-state index contributed by atoms with van der Waals surface area (Å²) in [5.41, 5.74) is 12.1. The molecule has 1 N–H and O–H groups in total. The van der Waals surface area contributed by atoms with E-state index in [2.05, 4.69) is 166 Å². The number of rotatable bonds is 16. The van der Waals surface area contributed by atoms with Crippen LogP contribution in [0.15, 0.2) is 143 Å². The number of hydrogen-bond acceptors (Lipinski definition) is 4. The zero-order valence-corrected chi connectivity index (χ0v) is 39.3. The average molecular weight is 843 g/mol. The van der Waals surface area contributed by atoms with Gasteiger partial charge in [-0.15, -0.1) is 11.8 Å². The first kappa shape index (κ1) is 43.6. The van der Waals surface area contributed by atoms with Crippen LogP contribution >= 0.6 is 11.8 Å². The number of hydrogen-bond donors (Lipinski definition) is 1. The molecular weight excluding hydrogens is 775 g/mol. The Morgan fingerprint density at radius 2 is 1.45 bits per heavy atom. The fraction of sp³-hybridized carbons (Fsp3) is 0.386. The molecule has 0 unspecified atom stereocenters. The molecule has 5 aromatic carbocycles. The van der Waals surface area contributed by atoms with E-state index in [0.717, 1.165) is 50.3 Å². The van der Waals surface area contributed by atoms with E-state index in [-0.39, 0.29) is 10.8 Å². The predicted molar refractivity (Wildman–Crippen MR) is 270 cm³/mol. The van der Waals surface area contributed by atoms with E-state index in [1.54, 1.807) is 6.07 Å². The lowest BCUT2D eigenvalue weighted by molar-refractivity contribution is -0.438. The van der Waals surface area contributed by atoms with Crippen LogP contribution in [0.4, 0.5) is 17.1 Å². The van der Waals surface area contributed by atoms with Gasteiger partial charge in [0.15, 0.2) is 5.71 Å². The third kappa shape index (κ3) is 8.54. The second kappa shape index (κ2) is 18.8. The third-order valence-electron chi connectivity index (χ3n) is 13.8. The van der Waals surface area contributed by atoms with Crippen molar-refractivity contribution < 1.29 is 9.68 Å². The summed E-state index contributed by atoms with van der Waals surface area (Å²) in [6, 6.07) is 34.9. The number of phenolic OH excluding ortho intramolecular Hbond substituents is 1. The van der Waals surface area contributed by atoms with Crippen molar-refractivity contribution in [2.75, 3.05) is 42.2 Å². The first-order chi connectivity index (χ1) is 30.0. The molecule has 0 aromatic heterocycles. The van der Waals surface area contributed by atoms with Gasteiger partial charge in [-0.05, 0) is 115 Å². The monoisotopic (exact) mass is 843 g/mol. The molecule has 4 nitrogen and oxygen atoms in total. The third-order valence-corrected chi connectivity index (χ3v) is 15.0. The van der Waals surface area contributed by atoms with Crippen LogP contribution in [0, 0.1) is 0 Å². The number of anilines is 2. The van der Waals surface area contributed by atoms with Gasteiger partial charge in [-0.25, -0.2) is 0 Å². The Bertz CT molecular complexity index is 2600. The highest BCUT2D eigenvalue weighted by atomic mass is 32.2.